The van der Waals surface area contributed by atoms with Crippen molar-refractivity contribution in [3.8, 4) is 0 Å². The van der Waals surface area contributed by atoms with E-state index in [1.807, 2.05) is 6.92 Å². The lowest BCUT2D eigenvalue weighted by Gasteiger charge is -2.49. The molecule has 0 bridgehead atoms. The highest BCUT2D eigenvalue weighted by Gasteiger charge is 2.65. The van der Waals surface area contributed by atoms with Crippen molar-refractivity contribution in [1.82, 2.24) is 4.98 Å². The number of aromatic nitrogens is 1. The molecule has 2 heterocycles. The van der Waals surface area contributed by atoms with Gasteiger partial charge in [0.15, 0.2) is 5.54 Å². The van der Waals surface area contributed by atoms with Gasteiger partial charge in [0.1, 0.15) is 11.5 Å². The zero-order chi connectivity index (χ0) is 25.9. The number of anilines is 1. The number of benzene rings is 1. The van der Waals surface area contributed by atoms with Crippen LogP contribution in [-0.4, -0.2) is 35.9 Å². The van der Waals surface area contributed by atoms with Crippen molar-refractivity contribution in [3.05, 3.63) is 58.6 Å². The van der Waals surface area contributed by atoms with Gasteiger partial charge in [0.05, 0.1) is 10.9 Å². The van der Waals surface area contributed by atoms with Gasteiger partial charge >= 0.3 is 0 Å². The summed E-state index contributed by atoms with van der Waals surface area (Å²) in [5.74, 6) is -5.07. The number of alkyl halides is 2. The molecule has 1 aliphatic rings. The predicted molar refractivity (Wildman–Crippen MR) is 131 cm³/mol. The molecule has 0 radical (unpaired) electrons. The number of nitrogens with zero attached hydrogens (tertiary/aromatic N) is 2. The van der Waals surface area contributed by atoms with Crippen LogP contribution in [-0.2, 0) is 10.3 Å². The average molecular weight is 511 g/mol. The minimum absolute atomic E-state index is 0.0632. The van der Waals surface area contributed by atoms with Crippen LogP contribution in [0.15, 0.2) is 41.5 Å². The standard InChI is InChI=1S/C25H30ClF3N4O2/c1-4-9-24(10-12-35-13-11-24)25(28,29)23(3,33-16(2)30)19-14-18(6-7-20(19)27)32-22(34)21-8-5-17(26)15-31-21/h5-8,14-15H,4,9-13H2,1-3H3,(H2,30,33)(H,32,34). The Morgan fingerprint density at radius 3 is 2.54 bits per heavy atom. The van der Waals surface area contributed by atoms with E-state index in [2.05, 4.69) is 15.3 Å². The number of pyridine rings is 1. The van der Waals surface area contributed by atoms with Crippen LogP contribution in [0.3, 0.4) is 0 Å². The van der Waals surface area contributed by atoms with Crippen molar-refractivity contribution in [2.24, 2.45) is 16.1 Å². The van der Waals surface area contributed by atoms with Gasteiger partial charge in [-0.2, -0.15) is 0 Å². The van der Waals surface area contributed by atoms with E-state index >= 15 is 13.2 Å². The molecule has 35 heavy (non-hydrogen) atoms. The van der Waals surface area contributed by atoms with Gasteiger partial charge in [-0.05, 0) is 63.4 Å². The van der Waals surface area contributed by atoms with Crippen molar-refractivity contribution in [1.29, 1.82) is 0 Å². The Morgan fingerprint density at radius 2 is 1.97 bits per heavy atom. The van der Waals surface area contributed by atoms with E-state index in [1.165, 1.54) is 44.3 Å². The normalized spacial score (nSPS) is 18.1. The van der Waals surface area contributed by atoms with E-state index in [0.717, 1.165) is 6.07 Å². The smallest absolute Gasteiger partial charge is 0.282 e. The third-order valence-corrected chi connectivity index (χ3v) is 6.79. The highest BCUT2D eigenvalue weighted by molar-refractivity contribution is 6.30. The van der Waals surface area contributed by atoms with Gasteiger partial charge < -0.3 is 15.8 Å². The Kier molecular flexibility index (Phi) is 8.11. The first-order valence-corrected chi connectivity index (χ1v) is 11.8. The van der Waals surface area contributed by atoms with Crippen LogP contribution < -0.4 is 11.1 Å². The maximum Gasteiger partial charge on any atom is 0.282 e. The number of carbonyl (C=O) groups is 1. The van der Waals surface area contributed by atoms with E-state index in [1.54, 1.807) is 0 Å². The molecule has 3 rings (SSSR count). The van der Waals surface area contributed by atoms with Crippen molar-refractivity contribution in [2.45, 2.75) is 57.9 Å². The summed E-state index contributed by atoms with van der Waals surface area (Å²) >= 11 is 5.81. The summed E-state index contributed by atoms with van der Waals surface area (Å²) in [6, 6.07) is 6.43. The quantitative estimate of drug-likeness (QED) is 0.339. The number of aliphatic imine (C=N–C) groups is 1. The molecule has 190 valence electrons. The number of hydrogen-bond donors (Lipinski definition) is 2. The summed E-state index contributed by atoms with van der Waals surface area (Å²) in [5, 5.41) is 2.93. The van der Waals surface area contributed by atoms with Gasteiger partial charge in [-0.1, -0.05) is 24.9 Å². The number of nitrogens with one attached hydrogen (secondary N) is 1. The van der Waals surface area contributed by atoms with Crippen LogP contribution in [0.25, 0.3) is 0 Å². The summed E-state index contributed by atoms with van der Waals surface area (Å²) in [7, 11) is 0. The second-order valence-electron chi connectivity index (χ2n) is 9.05. The van der Waals surface area contributed by atoms with E-state index in [0.29, 0.717) is 11.4 Å². The molecule has 0 spiro atoms. The van der Waals surface area contributed by atoms with E-state index in [4.69, 9.17) is 22.1 Å². The molecular weight excluding hydrogens is 481 g/mol. The summed E-state index contributed by atoms with van der Waals surface area (Å²) < 4.78 is 53.8. The van der Waals surface area contributed by atoms with Gasteiger partial charge in [0, 0.05) is 36.1 Å². The van der Waals surface area contributed by atoms with Crippen molar-refractivity contribution >= 4 is 29.0 Å². The number of carbonyl (C=O) groups excluding carboxylic acids is 1. The summed E-state index contributed by atoms with van der Waals surface area (Å²) in [6.07, 6.45) is 2.28. The maximum absolute atomic E-state index is 16.6. The van der Waals surface area contributed by atoms with Gasteiger partial charge in [-0.15, -0.1) is 0 Å². The number of amidine groups is 1. The molecule has 10 heteroatoms. The second-order valence-corrected chi connectivity index (χ2v) is 9.49. The largest absolute Gasteiger partial charge is 0.388 e. The Bertz CT molecular complexity index is 1080. The van der Waals surface area contributed by atoms with Crippen LogP contribution in [0.1, 0.15) is 62.5 Å². The number of halogens is 4. The van der Waals surface area contributed by atoms with Gasteiger partial charge in [0.25, 0.3) is 11.8 Å². The van der Waals surface area contributed by atoms with Crippen LogP contribution in [0.4, 0.5) is 18.9 Å². The molecule has 1 amide bonds. The monoisotopic (exact) mass is 510 g/mol. The third kappa shape index (κ3) is 5.30. The minimum atomic E-state index is -3.48. The van der Waals surface area contributed by atoms with Crippen LogP contribution in [0, 0.1) is 11.2 Å². The Labute approximate surface area is 208 Å². The molecule has 0 saturated carbocycles. The van der Waals surface area contributed by atoms with Gasteiger partial charge in [0.2, 0.25) is 0 Å². The lowest BCUT2D eigenvalue weighted by atomic mass is 9.63. The van der Waals surface area contributed by atoms with Crippen LogP contribution in [0.5, 0.6) is 0 Å². The molecular formula is C25H30ClF3N4O2. The molecule has 1 aliphatic heterocycles. The number of ether oxygens (including phenoxy) is 1. The van der Waals surface area contributed by atoms with E-state index in [-0.39, 0.29) is 55.3 Å². The predicted octanol–water partition coefficient (Wildman–Crippen LogP) is 5.95. The Hall–Kier alpha value is -2.65. The zero-order valence-corrected chi connectivity index (χ0v) is 20.8. The SMILES string of the molecule is CCCC1(C(F)(F)C(C)(N=C(C)N)c2cc(NC(=O)c3ccc(Cl)cn3)ccc2F)CCOCC1. The highest BCUT2D eigenvalue weighted by atomic mass is 35.5. The first-order valence-electron chi connectivity index (χ1n) is 11.5. The van der Waals surface area contributed by atoms with Gasteiger partial charge in [-0.25, -0.2) is 18.2 Å². The summed E-state index contributed by atoms with van der Waals surface area (Å²) in [5.41, 5.74) is 1.83. The number of rotatable bonds is 8. The molecule has 2 aromatic rings. The average Bonchev–Trinajstić information content (AvgIpc) is 2.80. The summed E-state index contributed by atoms with van der Waals surface area (Å²) in [4.78, 5) is 20.7. The lowest BCUT2D eigenvalue weighted by molar-refractivity contribution is -0.205. The molecule has 6 nitrogen and oxygen atoms in total. The zero-order valence-electron chi connectivity index (χ0n) is 20.0. The van der Waals surface area contributed by atoms with Crippen molar-refractivity contribution in [2.75, 3.05) is 18.5 Å². The first kappa shape index (κ1) is 26.9. The van der Waals surface area contributed by atoms with Gasteiger partial charge in [-0.3, -0.25) is 9.79 Å². The molecule has 0 aliphatic carbocycles. The molecule has 1 aromatic heterocycles. The number of nitrogens with two attached hydrogens (primary N) is 1. The highest BCUT2D eigenvalue weighted by Crippen LogP contribution is 2.58. The molecule has 1 fully saturated rings. The van der Waals surface area contributed by atoms with Crippen molar-refractivity contribution in [3.63, 3.8) is 0 Å². The number of amides is 1. The fraction of sp³-hybridized carbons (Fsp3) is 0.480. The summed E-state index contributed by atoms with van der Waals surface area (Å²) in [6.45, 7) is 4.79. The second kappa shape index (κ2) is 10.5. The lowest BCUT2D eigenvalue weighted by Crippen LogP contribution is -2.57. The fourth-order valence-corrected chi connectivity index (χ4v) is 4.92. The van der Waals surface area contributed by atoms with E-state index < -0.39 is 28.6 Å². The van der Waals surface area contributed by atoms with E-state index in [9.17, 15) is 4.79 Å². The fourth-order valence-electron chi connectivity index (χ4n) is 4.81. The molecule has 1 aromatic carbocycles. The molecule has 1 saturated heterocycles. The van der Waals surface area contributed by atoms with Crippen molar-refractivity contribution < 1.29 is 22.7 Å². The minimum Gasteiger partial charge on any atom is -0.388 e. The van der Waals surface area contributed by atoms with Crippen LogP contribution in [0.2, 0.25) is 5.02 Å². The number of hydrogen-bond acceptors (Lipinski definition) is 4. The third-order valence-electron chi connectivity index (χ3n) is 6.56. The Morgan fingerprint density at radius 1 is 1.29 bits per heavy atom. The van der Waals surface area contributed by atoms with Crippen LogP contribution >= 0.6 is 11.6 Å². The maximum atomic E-state index is 16.6. The Balaban J connectivity index is 2.09. The molecule has 1 unspecified atom stereocenters. The molecule has 3 N–H and O–H groups in total. The topological polar surface area (TPSA) is 89.6 Å². The first-order chi connectivity index (χ1) is 16.5. The molecule has 1 atom stereocenters.